The van der Waals surface area contributed by atoms with Crippen molar-refractivity contribution in [1.82, 2.24) is 14.8 Å². The lowest BCUT2D eigenvalue weighted by molar-refractivity contribution is 0.0998. The van der Waals surface area contributed by atoms with Gasteiger partial charge in [-0.3, -0.25) is 10.1 Å². The molecule has 102 valence electrons. The fourth-order valence-corrected chi connectivity index (χ4v) is 2.42. The van der Waals surface area contributed by atoms with E-state index in [1.165, 1.54) is 0 Å². The van der Waals surface area contributed by atoms with Crippen molar-refractivity contribution in [2.24, 2.45) is 0 Å². The van der Waals surface area contributed by atoms with Crippen LogP contribution < -0.4 is 5.32 Å². The molecule has 0 saturated heterocycles. The Morgan fingerprint density at radius 3 is 2.90 bits per heavy atom. The fraction of sp³-hybridized carbons (Fsp3) is 0.167. The van der Waals surface area contributed by atoms with Gasteiger partial charge < -0.3 is 4.42 Å². The predicted octanol–water partition coefficient (Wildman–Crippen LogP) is 3.20. The molecule has 0 aliphatic heterocycles. The summed E-state index contributed by atoms with van der Waals surface area (Å²) in [6.45, 7) is 3.69. The fourth-order valence-electron chi connectivity index (χ4n) is 1.89. The Balaban J connectivity index is 2.03. The summed E-state index contributed by atoms with van der Waals surface area (Å²) in [4.78, 5) is 12.1. The van der Waals surface area contributed by atoms with Gasteiger partial charge in [-0.2, -0.15) is 0 Å². The Hall–Kier alpha value is -1.99. The molecule has 0 saturated carbocycles. The number of anilines is 1. The summed E-state index contributed by atoms with van der Waals surface area (Å²) < 4.78 is 9.19. The lowest BCUT2D eigenvalue weighted by Gasteiger charge is -1.97. The highest BCUT2D eigenvalue weighted by molar-refractivity contribution is 7.09. The first-order valence-corrected chi connectivity index (χ1v) is 6.87. The summed E-state index contributed by atoms with van der Waals surface area (Å²) in [6.07, 6.45) is 0. The molecule has 2 heterocycles. The lowest BCUT2D eigenvalue weighted by atomic mass is 10.1. The monoisotopic (exact) mass is 308 g/mol. The van der Waals surface area contributed by atoms with Gasteiger partial charge >= 0.3 is 0 Å². The average molecular weight is 309 g/mol. The van der Waals surface area contributed by atoms with Crippen LogP contribution in [0.3, 0.4) is 0 Å². The maximum atomic E-state index is 12.1. The Labute approximate surface area is 122 Å². The first kappa shape index (κ1) is 13.0. The molecule has 0 spiro atoms. The summed E-state index contributed by atoms with van der Waals surface area (Å²) in [5.41, 5.74) is 2.26. The van der Waals surface area contributed by atoms with Gasteiger partial charge in [-0.1, -0.05) is 21.2 Å². The van der Waals surface area contributed by atoms with Crippen LogP contribution in [0.5, 0.6) is 0 Å². The summed E-state index contributed by atoms with van der Waals surface area (Å²) in [5.74, 6) is -0.150. The molecule has 0 unspecified atom stereocenters. The standard InChI is InChI=1S/C12H9ClN4O2S/c1-5-3-9-7(4-8(5)13)6(2)10(19-9)11(18)14-12-15-16-17-20-12/h3-4H,1-2H3,(H,14,15,17,18). The van der Waals surface area contributed by atoms with E-state index in [0.29, 0.717) is 15.7 Å². The number of furan rings is 1. The number of carbonyl (C=O) groups is 1. The molecule has 1 amide bonds. The van der Waals surface area contributed by atoms with Gasteiger partial charge in [-0.15, -0.1) is 0 Å². The minimum atomic E-state index is -0.383. The third-order valence-corrected chi connectivity index (χ3v) is 3.86. The van der Waals surface area contributed by atoms with Crippen LogP contribution in [-0.4, -0.2) is 20.7 Å². The first-order valence-electron chi connectivity index (χ1n) is 5.72. The number of nitrogens with one attached hydrogen (secondary N) is 1. The normalized spacial score (nSPS) is 10.9. The second-order valence-corrected chi connectivity index (χ2v) is 5.42. The summed E-state index contributed by atoms with van der Waals surface area (Å²) in [6, 6.07) is 3.61. The third-order valence-electron chi connectivity index (χ3n) is 2.94. The second kappa shape index (κ2) is 4.84. The highest BCUT2D eigenvalue weighted by Gasteiger charge is 2.19. The lowest BCUT2D eigenvalue weighted by Crippen LogP contribution is -2.11. The molecule has 0 radical (unpaired) electrons. The molecule has 6 nitrogen and oxygen atoms in total. The van der Waals surface area contributed by atoms with Crippen molar-refractivity contribution in [3.63, 3.8) is 0 Å². The Kier molecular flexibility index (Phi) is 3.15. The molecular weight excluding hydrogens is 300 g/mol. The van der Waals surface area contributed by atoms with E-state index in [0.717, 1.165) is 28.0 Å². The molecule has 3 rings (SSSR count). The molecular formula is C12H9ClN4O2S. The van der Waals surface area contributed by atoms with Crippen LogP contribution in [-0.2, 0) is 0 Å². The van der Waals surface area contributed by atoms with Gasteiger partial charge in [0.1, 0.15) is 5.58 Å². The summed E-state index contributed by atoms with van der Waals surface area (Å²) in [5, 5.41) is 11.4. The predicted molar refractivity (Wildman–Crippen MR) is 76.4 cm³/mol. The number of amides is 1. The zero-order valence-electron chi connectivity index (χ0n) is 10.6. The molecule has 8 heteroatoms. The number of carbonyl (C=O) groups excluding carboxylic acids is 1. The topological polar surface area (TPSA) is 80.9 Å². The van der Waals surface area contributed by atoms with Gasteiger partial charge in [0.25, 0.3) is 5.91 Å². The molecule has 1 N–H and O–H groups in total. The van der Waals surface area contributed by atoms with Crippen molar-refractivity contribution in [2.75, 3.05) is 5.32 Å². The number of aromatic nitrogens is 3. The number of nitrogens with zero attached hydrogens (tertiary/aromatic N) is 3. The van der Waals surface area contributed by atoms with E-state index >= 15 is 0 Å². The Bertz CT molecular complexity index is 798. The molecule has 2 aromatic heterocycles. The number of hydrogen-bond acceptors (Lipinski definition) is 6. The van der Waals surface area contributed by atoms with E-state index in [9.17, 15) is 4.79 Å². The average Bonchev–Trinajstić information content (AvgIpc) is 3.00. The second-order valence-electron chi connectivity index (χ2n) is 4.28. The van der Waals surface area contributed by atoms with Crippen molar-refractivity contribution in [2.45, 2.75) is 13.8 Å². The molecule has 0 bridgehead atoms. The Morgan fingerprint density at radius 1 is 1.40 bits per heavy atom. The van der Waals surface area contributed by atoms with Gasteiger partial charge in [0.05, 0.1) is 0 Å². The van der Waals surface area contributed by atoms with Gasteiger partial charge in [0.15, 0.2) is 5.76 Å². The zero-order valence-corrected chi connectivity index (χ0v) is 12.2. The van der Waals surface area contributed by atoms with Crippen molar-refractivity contribution in [3.05, 3.63) is 34.0 Å². The molecule has 0 atom stereocenters. The summed E-state index contributed by atoms with van der Waals surface area (Å²) >= 11 is 7.09. The van der Waals surface area contributed by atoms with E-state index in [1.54, 1.807) is 6.07 Å². The maximum Gasteiger partial charge on any atom is 0.293 e. The van der Waals surface area contributed by atoms with Crippen molar-refractivity contribution in [1.29, 1.82) is 0 Å². The van der Waals surface area contributed by atoms with Crippen LogP contribution in [0.25, 0.3) is 11.0 Å². The highest BCUT2D eigenvalue weighted by atomic mass is 35.5. The third kappa shape index (κ3) is 2.14. The summed E-state index contributed by atoms with van der Waals surface area (Å²) in [7, 11) is 0. The van der Waals surface area contributed by atoms with Gasteiger partial charge in [0, 0.05) is 27.5 Å². The number of halogens is 1. The number of aryl methyl sites for hydroxylation is 2. The first-order chi connectivity index (χ1) is 9.56. The van der Waals surface area contributed by atoms with Gasteiger partial charge in [-0.25, -0.2) is 0 Å². The van der Waals surface area contributed by atoms with Crippen LogP contribution in [0.2, 0.25) is 5.02 Å². The molecule has 20 heavy (non-hydrogen) atoms. The van der Waals surface area contributed by atoms with E-state index in [4.69, 9.17) is 16.0 Å². The Morgan fingerprint density at radius 2 is 2.20 bits per heavy atom. The molecule has 0 aliphatic rings. The van der Waals surface area contributed by atoms with Crippen LogP contribution in [0.1, 0.15) is 21.7 Å². The SMILES string of the molecule is Cc1cc2oc(C(=O)Nc3nnns3)c(C)c2cc1Cl. The maximum absolute atomic E-state index is 12.1. The number of hydrogen-bond donors (Lipinski definition) is 1. The van der Waals surface area contributed by atoms with E-state index in [2.05, 4.69) is 20.1 Å². The van der Waals surface area contributed by atoms with Crippen LogP contribution in [0, 0.1) is 13.8 Å². The van der Waals surface area contributed by atoms with Gasteiger partial charge in [0.2, 0.25) is 5.13 Å². The minimum absolute atomic E-state index is 0.233. The van der Waals surface area contributed by atoms with Crippen molar-refractivity contribution in [3.8, 4) is 0 Å². The van der Waals surface area contributed by atoms with E-state index < -0.39 is 0 Å². The van der Waals surface area contributed by atoms with E-state index in [1.807, 2.05) is 19.9 Å². The molecule has 1 aromatic carbocycles. The highest BCUT2D eigenvalue weighted by Crippen LogP contribution is 2.30. The number of rotatable bonds is 2. The van der Waals surface area contributed by atoms with Crippen LogP contribution in [0.4, 0.5) is 5.13 Å². The minimum Gasteiger partial charge on any atom is -0.451 e. The molecule has 0 aliphatic carbocycles. The number of benzene rings is 1. The van der Waals surface area contributed by atoms with Crippen molar-refractivity contribution >= 4 is 45.1 Å². The largest absolute Gasteiger partial charge is 0.451 e. The van der Waals surface area contributed by atoms with Gasteiger partial charge in [-0.05, 0) is 36.8 Å². The van der Waals surface area contributed by atoms with E-state index in [-0.39, 0.29) is 11.7 Å². The quantitative estimate of drug-likeness (QED) is 0.786. The molecule has 3 aromatic rings. The van der Waals surface area contributed by atoms with Crippen LogP contribution >= 0.6 is 23.1 Å². The zero-order chi connectivity index (χ0) is 14.3. The molecule has 0 fully saturated rings. The number of fused-ring (bicyclic) bond motifs is 1. The van der Waals surface area contributed by atoms with Crippen LogP contribution in [0.15, 0.2) is 16.5 Å². The van der Waals surface area contributed by atoms with Crippen molar-refractivity contribution < 1.29 is 9.21 Å². The smallest absolute Gasteiger partial charge is 0.293 e.